The van der Waals surface area contributed by atoms with Crippen molar-refractivity contribution in [1.82, 2.24) is 4.90 Å². The van der Waals surface area contributed by atoms with Crippen molar-refractivity contribution in [2.24, 2.45) is 5.41 Å². The molecule has 2 aliphatic heterocycles. The number of methoxy groups -OCH3 is 4. The number of hydrogen-bond acceptors (Lipinski definition) is 9. The summed E-state index contributed by atoms with van der Waals surface area (Å²) in [5.41, 5.74) is 4.79. The zero-order chi connectivity index (χ0) is 33.3. The van der Waals surface area contributed by atoms with Crippen molar-refractivity contribution in [1.29, 1.82) is 0 Å². The van der Waals surface area contributed by atoms with Crippen LogP contribution in [0.2, 0.25) is 0 Å². The normalized spacial score (nSPS) is 18.9. The lowest BCUT2D eigenvalue weighted by Gasteiger charge is -2.40. The molecule has 0 saturated carbocycles. The maximum Gasteiger partial charge on any atom is 0.242 e. The van der Waals surface area contributed by atoms with Gasteiger partial charge in [0, 0.05) is 55.1 Å². The van der Waals surface area contributed by atoms with Gasteiger partial charge in [-0.2, -0.15) is 0 Å². The van der Waals surface area contributed by atoms with E-state index in [0.29, 0.717) is 61.8 Å². The van der Waals surface area contributed by atoms with Crippen LogP contribution in [0.4, 0.5) is 17.1 Å². The van der Waals surface area contributed by atoms with Crippen molar-refractivity contribution in [3.8, 4) is 23.0 Å². The molecule has 0 spiro atoms. The van der Waals surface area contributed by atoms with Gasteiger partial charge in [0.1, 0.15) is 5.75 Å². The third-order valence-corrected chi connectivity index (χ3v) is 9.41. The molecule has 1 amide bonds. The van der Waals surface area contributed by atoms with Crippen molar-refractivity contribution in [2.75, 3.05) is 76.3 Å². The third-order valence-electron chi connectivity index (χ3n) is 9.41. The summed E-state index contributed by atoms with van der Waals surface area (Å²) in [6, 6.07) is 19.1. The van der Waals surface area contributed by atoms with E-state index < -0.39 is 6.04 Å². The van der Waals surface area contributed by atoms with E-state index in [9.17, 15) is 9.59 Å². The van der Waals surface area contributed by atoms with Crippen molar-refractivity contribution >= 4 is 28.8 Å². The SMILES string of the molecule is COc1ccc(N2CCN(C(=O)CN3c4ccccc4NC4=C(C(=O)CC(C)(C)C4)C3c3ccc(OC)c(OC)c3OC)CC2)cc1. The topological polar surface area (TPSA) is 92.8 Å². The average molecular weight is 641 g/mol. The van der Waals surface area contributed by atoms with E-state index in [1.165, 1.54) is 0 Å². The second-order valence-electron chi connectivity index (χ2n) is 13.0. The van der Waals surface area contributed by atoms with Gasteiger partial charge < -0.3 is 39.0 Å². The molecule has 0 bridgehead atoms. The maximum atomic E-state index is 14.3. The van der Waals surface area contributed by atoms with Gasteiger partial charge in [0.15, 0.2) is 17.3 Å². The Hall–Kier alpha value is -4.86. The molecule has 3 aromatic carbocycles. The zero-order valence-corrected chi connectivity index (χ0v) is 28.1. The minimum Gasteiger partial charge on any atom is -0.497 e. The van der Waals surface area contributed by atoms with Gasteiger partial charge in [0.05, 0.1) is 52.4 Å². The number of carbonyl (C=O) groups excluding carboxylic acids is 2. The highest BCUT2D eigenvalue weighted by molar-refractivity contribution is 6.02. The van der Waals surface area contributed by atoms with Crippen LogP contribution in [0.15, 0.2) is 71.9 Å². The number of Topliss-reactive ketones (excluding diaryl/α,β-unsaturated/α-hetero) is 1. The predicted octanol–water partition coefficient (Wildman–Crippen LogP) is 5.69. The first kappa shape index (κ1) is 32.1. The molecule has 10 heteroatoms. The molecule has 0 aromatic heterocycles. The lowest BCUT2D eigenvalue weighted by molar-refractivity contribution is -0.130. The molecule has 10 nitrogen and oxygen atoms in total. The van der Waals surface area contributed by atoms with Crippen LogP contribution in [0, 0.1) is 5.41 Å². The number of ether oxygens (including phenoxy) is 4. The molecule has 1 saturated heterocycles. The van der Waals surface area contributed by atoms with Crippen molar-refractivity contribution in [2.45, 2.75) is 32.7 Å². The molecular weight excluding hydrogens is 596 g/mol. The van der Waals surface area contributed by atoms with E-state index in [2.05, 4.69) is 29.0 Å². The van der Waals surface area contributed by atoms with Crippen LogP contribution < -0.4 is 34.1 Å². The number of fused-ring (bicyclic) bond motifs is 1. The molecule has 1 atom stereocenters. The summed E-state index contributed by atoms with van der Waals surface area (Å²) in [6.07, 6.45) is 1.08. The Morgan fingerprint density at radius 1 is 0.830 bits per heavy atom. The van der Waals surface area contributed by atoms with Crippen molar-refractivity contribution in [3.05, 3.63) is 77.5 Å². The number of anilines is 3. The molecule has 2 heterocycles. The summed E-state index contributed by atoms with van der Waals surface area (Å²) in [5, 5.41) is 3.63. The van der Waals surface area contributed by atoms with Crippen LogP contribution in [0.3, 0.4) is 0 Å². The first-order chi connectivity index (χ1) is 22.7. The number of para-hydroxylation sites is 2. The van der Waals surface area contributed by atoms with Crippen LogP contribution in [-0.2, 0) is 9.59 Å². The number of nitrogens with one attached hydrogen (secondary N) is 1. The van der Waals surface area contributed by atoms with Gasteiger partial charge in [0.25, 0.3) is 0 Å². The van der Waals surface area contributed by atoms with Crippen molar-refractivity contribution in [3.63, 3.8) is 0 Å². The largest absolute Gasteiger partial charge is 0.497 e. The lowest BCUT2D eigenvalue weighted by Crippen LogP contribution is -2.52. The van der Waals surface area contributed by atoms with E-state index in [1.807, 2.05) is 65.6 Å². The molecule has 1 N–H and O–H groups in total. The number of allylic oxidation sites excluding steroid dienone is 1. The molecule has 1 fully saturated rings. The number of ketones is 1. The first-order valence-electron chi connectivity index (χ1n) is 16.0. The molecule has 1 unspecified atom stereocenters. The highest BCUT2D eigenvalue weighted by Crippen LogP contribution is 2.52. The molecule has 1 aliphatic carbocycles. The summed E-state index contributed by atoms with van der Waals surface area (Å²) >= 11 is 0. The Bertz CT molecular complexity index is 1680. The van der Waals surface area contributed by atoms with E-state index in [0.717, 1.165) is 34.1 Å². The van der Waals surface area contributed by atoms with Gasteiger partial charge in [-0.1, -0.05) is 26.0 Å². The van der Waals surface area contributed by atoms with Crippen LogP contribution in [0.5, 0.6) is 23.0 Å². The quantitative estimate of drug-likeness (QED) is 0.334. The van der Waals surface area contributed by atoms with Gasteiger partial charge in [-0.3, -0.25) is 9.59 Å². The fourth-order valence-corrected chi connectivity index (χ4v) is 7.14. The summed E-state index contributed by atoms with van der Waals surface area (Å²) in [4.78, 5) is 34.8. The number of carbonyl (C=O) groups is 2. The van der Waals surface area contributed by atoms with Crippen LogP contribution in [-0.4, -0.2) is 77.8 Å². The summed E-state index contributed by atoms with van der Waals surface area (Å²) in [5.74, 6) is 2.27. The van der Waals surface area contributed by atoms with E-state index >= 15 is 0 Å². The molecule has 47 heavy (non-hydrogen) atoms. The van der Waals surface area contributed by atoms with Gasteiger partial charge in [0.2, 0.25) is 11.7 Å². The molecule has 3 aromatic rings. The second-order valence-corrected chi connectivity index (χ2v) is 13.0. The molecule has 6 rings (SSSR count). The van der Waals surface area contributed by atoms with Crippen LogP contribution >= 0.6 is 0 Å². The smallest absolute Gasteiger partial charge is 0.242 e. The Balaban J connectivity index is 1.40. The number of hydrogen-bond donors (Lipinski definition) is 1. The number of rotatable bonds is 8. The van der Waals surface area contributed by atoms with Gasteiger partial charge in [-0.15, -0.1) is 0 Å². The first-order valence-corrected chi connectivity index (χ1v) is 16.0. The van der Waals surface area contributed by atoms with Crippen molar-refractivity contribution < 1.29 is 28.5 Å². The Kier molecular flexibility index (Phi) is 8.94. The molecular formula is C37H44N4O6. The monoisotopic (exact) mass is 640 g/mol. The lowest BCUT2D eigenvalue weighted by atomic mass is 9.73. The highest BCUT2D eigenvalue weighted by Gasteiger charge is 2.43. The minimum absolute atomic E-state index is 0.00809. The van der Waals surface area contributed by atoms with Gasteiger partial charge in [-0.25, -0.2) is 0 Å². The number of nitrogens with zero attached hydrogens (tertiary/aromatic N) is 3. The van der Waals surface area contributed by atoms with Crippen LogP contribution in [0.1, 0.15) is 38.3 Å². The summed E-state index contributed by atoms with van der Waals surface area (Å²) in [6.45, 7) is 6.90. The summed E-state index contributed by atoms with van der Waals surface area (Å²) in [7, 11) is 6.39. The Morgan fingerprint density at radius 2 is 1.53 bits per heavy atom. The van der Waals surface area contributed by atoms with Gasteiger partial charge in [-0.05, 0) is 60.4 Å². The Morgan fingerprint density at radius 3 is 2.19 bits per heavy atom. The molecule has 3 aliphatic rings. The second kappa shape index (κ2) is 13.1. The highest BCUT2D eigenvalue weighted by atomic mass is 16.5. The average Bonchev–Trinajstić information content (AvgIpc) is 3.21. The standard InChI is InChI=1S/C37H44N4O6/c1-37(2)21-28-33(30(42)22-37)34(26-15-16-31(45-4)36(47-6)35(26)46-5)41(29-10-8-7-9-27(29)38-28)23-32(43)40-19-17-39(18-20-40)24-11-13-25(44-3)14-12-24/h7-16,34,38H,17-23H2,1-6H3. The predicted molar refractivity (Wildman–Crippen MR) is 183 cm³/mol. The minimum atomic E-state index is -0.621. The third kappa shape index (κ3) is 6.16. The fraction of sp³-hybridized carbons (Fsp3) is 0.405. The fourth-order valence-electron chi connectivity index (χ4n) is 7.14. The Labute approximate surface area is 276 Å². The zero-order valence-electron chi connectivity index (χ0n) is 28.1. The number of amides is 1. The molecule has 0 radical (unpaired) electrons. The number of benzene rings is 3. The number of piperazine rings is 1. The molecule has 248 valence electrons. The van der Waals surface area contributed by atoms with E-state index in [-0.39, 0.29) is 23.7 Å². The van der Waals surface area contributed by atoms with Gasteiger partial charge >= 0.3 is 0 Å². The maximum absolute atomic E-state index is 14.3. The van der Waals surface area contributed by atoms with E-state index in [1.54, 1.807) is 28.4 Å². The van der Waals surface area contributed by atoms with E-state index in [4.69, 9.17) is 18.9 Å². The van der Waals surface area contributed by atoms with Crippen LogP contribution in [0.25, 0.3) is 0 Å². The summed E-state index contributed by atoms with van der Waals surface area (Å²) < 4.78 is 22.7.